The first kappa shape index (κ1) is 21.8. The fraction of sp³-hybridized carbons (Fsp3) is 0.323. The van der Waals surface area contributed by atoms with Crippen molar-refractivity contribution in [2.45, 2.75) is 45.2 Å². The van der Waals surface area contributed by atoms with Crippen molar-refractivity contribution in [3.05, 3.63) is 103 Å². The molecule has 0 unspecified atom stereocenters. The van der Waals surface area contributed by atoms with Crippen LogP contribution in [0.2, 0.25) is 0 Å². The van der Waals surface area contributed by atoms with Crippen molar-refractivity contribution in [1.82, 2.24) is 4.98 Å². The van der Waals surface area contributed by atoms with Crippen molar-refractivity contribution < 1.29 is 4.57 Å². The zero-order valence-corrected chi connectivity index (χ0v) is 21.1. The minimum Gasteiger partial charge on any atom is -0.313 e. The van der Waals surface area contributed by atoms with Crippen LogP contribution in [-0.2, 0) is 4.57 Å². The Morgan fingerprint density at radius 3 is 2.00 bits per heavy atom. The summed E-state index contributed by atoms with van der Waals surface area (Å²) in [5.74, 6) is 0.513. The van der Waals surface area contributed by atoms with E-state index in [2.05, 4.69) is 81.4 Å². The lowest BCUT2D eigenvalue weighted by molar-refractivity contribution is 0.133. The number of hydrogen-bond donors (Lipinski definition) is 0. The van der Waals surface area contributed by atoms with Crippen molar-refractivity contribution in [3.63, 3.8) is 0 Å². The van der Waals surface area contributed by atoms with Crippen LogP contribution in [0.3, 0.4) is 0 Å². The first-order valence-electron chi connectivity index (χ1n) is 12.4. The smallest absolute Gasteiger partial charge is 0.147 e. The van der Waals surface area contributed by atoms with Crippen LogP contribution in [0.4, 0.5) is 0 Å². The molecule has 2 saturated carbocycles. The molecule has 1 aromatic heterocycles. The average molecular weight is 466 g/mol. The lowest BCUT2D eigenvalue weighted by atomic mass is 9.66. The summed E-state index contributed by atoms with van der Waals surface area (Å²) in [6, 6.07) is 33.3. The summed E-state index contributed by atoms with van der Waals surface area (Å²) in [6.45, 7) is 7.27. The molecule has 2 aliphatic rings. The monoisotopic (exact) mass is 465 g/mol. The number of rotatable bonds is 4. The van der Waals surface area contributed by atoms with Gasteiger partial charge in [0.15, 0.2) is 0 Å². The van der Waals surface area contributed by atoms with Gasteiger partial charge in [-0.2, -0.15) is 0 Å². The second-order valence-electron chi connectivity index (χ2n) is 11.0. The van der Waals surface area contributed by atoms with Crippen LogP contribution < -0.4 is 10.6 Å². The Bertz CT molecular complexity index is 1350. The number of benzene rings is 3. The third-order valence-electron chi connectivity index (χ3n) is 9.45. The van der Waals surface area contributed by atoms with Gasteiger partial charge in [0, 0.05) is 33.3 Å². The predicted molar refractivity (Wildman–Crippen MR) is 143 cm³/mol. The van der Waals surface area contributed by atoms with Gasteiger partial charge < -0.3 is 4.57 Å². The van der Waals surface area contributed by atoms with Crippen molar-refractivity contribution in [1.29, 1.82) is 0 Å². The number of fused-ring (bicyclic) bond motifs is 3. The molecule has 3 aromatic carbocycles. The third-order valence-corrected chi connectivity index (χ3v) is 13.1. The third kappa shape index (κ3) is 2.88. The number of nitrogens with zero attached hydrogens (tertiary/aromatic N) is 1. The maximum absolute atomic E-state index is 15.7. The summed E-state index contributed by atoms with van der Waals surface area (Å²) in [5.41, 5.74) is 2.27. The van der Waals surface area contributed by atoms with E-state index in [0.717, 1.165) is 40.0 Å². The molecule has 2 fully saturated rings. The molecule has 2 nitrogen and oxygen atoms in total. The van der Waals surface area contributed by atoms with Crippen LogP contribution in [-0.4, -0.2) is 10.6 Å². The van der Waals surface area contributed by atoms with E-state index in [-0.39, 0.29) is 22.4 Å². The van der Waals surface area contributed by atoms with E-state index in [1.165, 1.54) is 0 Å². The van der Waals surface area contributed by atoms with E-state index < -0.39 is 7.14 Å². The first-order chi connectivity index (χ1) is 16.4. The van der Waals surface area contributed by atoms with Crippen LogP contribution in [0.15, 0.2) is 97.1 Å². The van der Waals surface area contributed by atoms with Crippen LogP contribution >= 0.6 is 7.14 Å². The largest absolute Gasteiger partial charge is 0.313 e. The van der Waals surface area contributed by atoms with Gasteiger partial charge in [-0.05, 0) is 41.7 Å². The Kier molecular flexibility index (Phi) is 4.91. The summed E-state index contributed by atoms with van der Waals surface area (Å²) >= 11 is 0. The molecule has 2 aliphatic carbocycles. The second kappa shape index (κ2) is 7.65. The van der Waals surface area contributed by atoms with Crippen LogP contribution in [0.5, 0.6) is 0 Å². The average Bonchev–Trinajstić information content (AvgIpc) is 3.21. The molecule has 0 spiro atoms. The van der Waals surface area contributed by atoms with E-state index in [4.69, 9.17) is 4.98 Å². The fourth-order valence-electron chi connectivity index (χ4n) is 7.34. The quantitative estimate of drug-likeness (QED) is 0.299. The molecule has 172 valence electrons. The molecule has 6 rings (SSSR count). The van der Waals surface area contributed by atoms with Crippen molar-refractivity contribution >= 4 is 28.7 Å². The Morgan fingerprint density at radius 1 is 0.765 bits per heavy atom. The van der Waals surface area contributed by atoms with Crippen LogP contribution in [0, 0.1) is 16.7 Å². The minimum atomic E-state index is -2.96. The highest BCUT2D eigenvalue weighted by Crippen LogP contribution is 2.78. The van der Waals surface area contributed by atoms with E-state index in [1.54, 1.807) is 0 Å². The molecule has 0 N–H and O–H groups in total. The topological polar surface area (TPSA) is 30.0 Å². The van der Waals surface area contributed by atoms with Gasteiger partial charge in [0.2, 0.25) is 0 Å². The standard InChI is InChI=1S/C31H32NOP/c1-30(2)25-20-21-31(30,3)28(27-19-18-22-12-10-11-17-26(22)32-27)29(25)34(33,23-13-6-4-7-14-23)24-15-8-5-9-16-24/h4-19,25,28-29H,20-21H2,1-3H3/t25-,28+,29+,31+/m1/s1. The van der Waals surface area contributed by atoms with Gasteiger partial charge in [0.05, 0.1) is 5.52 Å². The summed E-state index contributed by atoms with van der Waals surface area (Å²) in [6.07, 6.45) is 2.28. The van der Waals surface area contributed by atoms with Gasteiger partial charge in [0.1, 0.15) is 7.14 Å². The summed E-state index contributed by atoms with van der Waals surface area (Å²) in [7, 11) is -2.96. The predicted octanol–water partition coefficient (Wildman–Crippen LogP) is 7.16. The zero-order chi connectivity index (χ0) is 23.6. The molecule has 2 bridgehead atoms. The second-order valence-corrected chi connectivity index (χ2v) is 14.0. The SMILES string of the molecule is CC1(C)[C@@H]2CC[C@@]1(C)[C@@H](c1ccc3ccccc3n1)[C@H]2P(=O)(c1ccccc1)c1ccccc1. The highest BCUT2D eigenvalue weighted by atomic mass is 31.2. The molecule has 0 saturated heterocycles. The molecule has 4 aromatic rings. The Morgan fingerprint density at radius 2 is 1.35 bits per heavy atom. The van der Waals surface area contributed by atoms with Gasteiger partial charge in [-0.1, -0.05) is 106 Å². The van der Waals surface area contributed by atoms with E-state index in [1.807, 2.05) is 36.4 Å². The molecule has 0 radical (unpaired) electrons. The first-order valence-corrected chi connectivity index (χ1v) is 14.2. The van der Waals surface area contributed by atoms with E-state index in [0.29, 0.717) is 5.92 Å². The van der Waals surface area contributed by atoms with Gasteiger partial charge >= 0.3 is 0 Å². The Balaban J connectivity index is 1.63. The van der Waals surface area contributed by atoms with Gasteiger partial charge in [-0.3, -0.25) is 4.98 Å². The lowest BCUT2D eigenvalue weighted by Crippen LogP contribution is -2.37. The number of pyridine rings is 1. The van der Waals surface area contributed by atoms with Crippen LogP contribution in [0.25, 0.3) is 10.9 Å². The molecular formula is C31H32NOP. The molecule has 1 heterocycles. The lowest BCUT2D eigenvalue weighted by Gasteiger charge is -2.42. The summed E-state index contributed by atoms with van der Waals surface area (Å²) < 4.78 is 15.7. The van der Waals surface area contributed by atoms with E-state index in [9.17, 15) is 0 Å². The maximum Gasteiger partial charge on any atom is 0.147 e. The normalized spacial score (nSPS) is 27.8. The molecule has 34 heavy (non-hydrogen) atoms. The summed E-state index contributed by atoms with van der Waals surface area (Å²) in [4.78, 5) is 5.22. The summed E-state index contributed by atoms with van der Waals surface area (Å²) in [5, 5.41) is 3.11. The molecule has 0 amide bonds. The van der Waals surface area contributed by atoms with Gasteiger partial charge in [-0.25, -0.2) is 0 Å². The van der Waals surface area contributed by atoms with Crippen molar-refractivity contribution in [3.8, 4) is 0 Å². The van der Waals surface area contributed by atoms with E-state index >= 15 is 4.57 Å². The highest BCUT2D eigenvalue weighted by molar-refractivity contribution is 7.79. The van der Waals surface area contributed by atoms with Crippen molar-refractivity contribution in [2.24, 2.45) is 16.7 Å². The molecule has 4 atom stereocenters. The number of para-hydroxylation sites is 1. The van der Waals surface area contributed by atoms with Gasteiger partial charge in [0.25, 0.3) is 0 Å². The number of aromatic nitrogens is 1. The zero-order valence-electron chi connectivity index (χ0n) is 20.2. The molecular weight excluding hydrogens is 433 g/mol. The van der Waals surface area contributed by atoms with Gasteiger partial charge in [-0.15, -0.1) is 0 Å². The highest BCUT2D eigenvalue weighted by Gasteiger charge is 2.70. The fourth-order valence-corrected chi connectivity index (χ4v) is 11.5. The Hall–Kier alpha value is -2.70. The number of hydrogen-bond acceptors (Lipinski definition) is 2. The molecule has 3 heteroatoms. The maximum atomic E-state index is 15.7. The van der Waals surface area contributed by atoms with Crippen molar-refractivity contribution in [2.75, 3.05) is 0 Å². The Labute approximate surface area is 202 Å². The molecule has 0 aliphatic heterocycles. The minimum absolute atomic E-state index is 0.0275. The van der Waals surface area contributed by atoms with Crippen LogP contribution in [0.1, 0.15) is 45.2 Å².